The van der Waals surface area contributed by atoms with Crippen molar-refractivity contribution in [1.29, 1.82) is 0 Å². The van der Waals surface area contributed by atoms with Crippen molar-refractivity contribution in [3.63, 3.8) is 0 Å². The third-order valence-electron chi connectivity index (χ3n) is 8.28. The zero-order valence-corrected chi connectivity index (χ0v) is 20.9. The summed E-state index contributed by atoms with van der Waals surface area (Å²) in [5, 5.41) is 0. The van der Waals surface area contributed by atoms with E-state index in [1.807, 2.05) is 41.8 Å². The summed E-state index contributed by atoms with van der Waals surface area (Å²) in [6.07, 6.45) is 5.08. The molecule has 3 aliphatic heterocycles. The second-order valence-corrected chi connectivity index (χ2v) is 10.3. The average molecular weight is 478 g/mol. The molecule has 3 aliphatic rings. The van der Waals surface area contributed by atoms with Crippen molar-refractivity contribution < 1.29 is 14.3 Å². The minimum Gasteiger partial charge on any atom is -0.447 e. The molecule has 4 heterocycles. The maximum absolute atomic E-state index is 13.2. The number of carbonyl (C=O) groups excluding carboxylic acids is 2. The Hall–Kier alpha value is -3.00. The monoisotopic (exact) mass is 477 g/mol. The molecule has 8 nitrogen and oxygen atoms in total. The molecular weight excluding hydrogens is 442 g/mol. The van der Waals surface area contributed by atoms with E-state index >= 15 is 0 Å². The number of nitrogens with zero attached hydrogens (tertiary/aromatic N) is 5. The maximum Gasteiger partial charge on any atom is 0.410 e. The molecule has 1 aromatic heterocycles. The molecule has 2 amide bonds. The van der Waals surface area contributed by atoms with Gasteiger partial charge in [-0.05, 0) is 52.0 Å². The van der Waals surface area contributed by atoms with E-state index in [4.69, 9.17) is 4.74 Å². The number of rotatable bonds is 4. The van der Waals surface area contributed by atoms with Crippen LogP contribution < -0.4 is 0 Å². The molecule has 0 unspecified atom stereocenters. The molecule has 0 radical (unpaired) electrons. The van der Waals surface area contributed by atoms with E-state index in [-0.39, 0.29) is 29.6 Å². The topological polar surface area (TPSA) is 78.9 Å². The van der Waals surface area contributed by atoms with Gasteiger partial charge in [0.05, 0.1) is 23.0 Å². The lowest BCUT2D eigenvalue weighted by molar-refractivity contribution is 0.00469. The third kappa shape index (κ3) is 4.51. The smallest absolute Gasteiger partial charge is 0.410 e. The fourth-order valence-corrected chi connectivity index (χ4v) is 6.02. The molecule has 3 fully saturated rings. The Morgan fingerprint density at radius 3 is 2.26 bits per heavy atom. The van der Waals surface area contributed by atoms with E-state index in [9.17, 15) is 9.59 Å². The van der Waals surface area contributed by atoms with Crippen molar-refractivity contribution in [3.8, 4) is 0 Å². The van der Waals surface area contributed by atoms with Gasteiger partial charge >= 0.3 is 6.09 Å². The number of benzene rings is 1. The maximum atomic E-state index is 13.2. The predicted octanol–water partition coefficient (Wildman–Crippen LogP) is 3.75. The first kappa shape index (κ1) is 23.7. The lowest BCUT2D eigenvalue weighted by Gasteiger charge is -2.50. The number of ether oxygens (including phenoxy) is 1. The summed E-state index contributed by atoms with van der Waals surface area (Å²) in [7, 11) is 0. The molecule has 3 saturated heterocycles. The van der Waals surface area contributed by atoms with Gasteiger partial charge in [0.25, 0.3) is 5.91 Å². The summed E-state index contributed by atoms with van der Waals surface area (Å²) < 4.78 is 5.46. The number of carbonyl (C=O) groups is 2. The zero-order valence-electron chi connectivity index (χ0n) is 20.9. The summed E-state index contributed by atoms with van der Waals surface area (Å²) in [5.41, 5.74) is 3.32. The molecule has 5 rings (SSSR count). The standard InChI is InChI=1S/C27H35N5O3/c1-19-24(20(2)29-18-28-19)25(33)30-15-11-27(3,12-16-30)31-13-9-22(10-14-31)32-23(17-35-26(32)34)21-7-5-4-6-8-21/h4-8,18,22-23H,9-17H2,1-3H3/t23-/m0/s1. The molecule has 8 heteroatoms. The number of aryl methyl sites for hydroxylation is 2. The number of amides is 2. The van der Waals surface area contributed by atoms with Crippen LogP contribution in [0.15, 0.2) is 36.7 Å². The van der Waals surface area contributed by atoms with Gasteiger partial charge in [-0.15, -0.1) is 0 Å². The molecule has 0 saturated carbocycles. The summed E-state index contributed by atoms with van der Waals surface area (Å²) in [5.74, 6) is 0.0425. The number of cyclic esters (lactones) is 1. The molecule has 1 atom stereocenters. The highest BCUT2D eigenvalue weighted by Gasteiger charge is 2.43. The minimum absolute atomic E-state index is 0.000956. The Labute approximate surface area is 207 Å². The van der Waals surface area contributed by atoms with Crippen molar-refractivity contribution in [3.05, 3.63) is 59.2 Å². The van der Waals surface area contributed by atoms with Crippen LogP contribution in [0.25, 0.3) is 0 Å². The SMILES string of the molecule is Cc1ncnc(C)c1C(=O)N1CCC(C)(N2CCC(N3C(=O)OC[C@H]3c3ccccc3)CC2)CC1. The highest BCUT2D eigenvalue weighted by Crippen LogP contribution is 2.36. The van der Waals surface area contributed by atoms with Crippen LogP contribution >= 0.6 is 0 Å². The van der Waals surface area contributed by atoms with Crippen LogP contribution in [0, 0.1) is 13.8 Å². The van der Waals surface area contributed by atoms with E-state index < -0.39 is 0 Å². The van der Waals surface area contributed by atoms with Crippen LogP contribution in [0.5, 0.6) is 0 Å². The summed E-state index contributed by atoms with van der Waals surface area (Å²) >= 11 is 0. The molecule has 186 valence electrons. The second-order valence-electron chi connectivity index (χ2n) is 10.3. The van der Waals surface area contributed by atoms with Crippen LogP contribution in [0.3, 0.4) is 0 Å². The Balaban J connectivity index is 1.19. The first-order valence-corrected chi connectivity index (χ1v) is 12.7. The van der Waals surface area contributed by atoms with Gasteiger partial charge in [-0.25, -0.2) is 14.8 Å². The largest absolute Gasteiger partial charge is 0.447 e. The van der Waals surface area contributed by atoms with Crippen molar-refractivity contribution in [2.24, 2.45) is 0 Å². The van der Waals surface area contributed by atoms with Crippen LogP contribution in [0.2, 0.25) is 0 Å². The first-order chi connectivity index (χ1) is 16.9. The second kappa shape index (κ2) is 9.57. The van der Waals surface area contributed by atoms with Crippen LogP contribution in [-0.4, -0.2) is 81.0 Å². The van der Waals surface area contributed by atoms with Crippen molar-refractivity contribution in [2.75, 3.05) is 32.8 Å². The summed E-state index contributed by atoms with van der Waals surface area (Å²) in [4.78, 5) is 40.7. The summed E-state index contributed by atoms with van der Waals surface area (Å²) in [6.45, 7) is 9.87. The molecule has 0 N–H and O–H groups in total. The average Bonchev–Trinajstić information content (AvgIpc) is 3.26. The Kier molecular flexibility index (Phi) is 6.49. The van der Waals surface area contributed by atoms with Crippen LogP contribution in [0.4, 0.5) is 4.79 Å². The van der Waals surface area contributed by atoms with Gasteiger partial charge in [0.2, 0.25) is 0 Å². The molecule has 0 aliphatic carbocycles. The first-order valence-electron chi connectivity index (χ1n) is 12.7. The highest BCUT2D eigenvalue weighted by molar-refractivity contribution is 5.96. The fourth-order valence-electron chi connectivity index (χ4n) is 6.02. The van der Waals surface area contributed by atoms with Crippen LogP contribution in [0.1, 0.15) is 66.0 Å². The molecule has 1 aromatic carbocycles. The van der Waals surface area contributed by atoms with Gasteiger partial charge in [-0.1, -0.05) is 30.3 Å². The molecular formula is C27H35N5O3. The number of aromatic nitrogens is 2. The van der Waals surface area contributed by atoms with Crippen LogP contribution in [-0.2, 0) is 4.74 Å². The van der Waals surface area contributed by atoms with E-state index in [0.717, 1.165) is 68.8 Å². The fraction of sp³-hybridized carbons (Fsp3) is 0.556. The van der Waals surface area contributed by atoms with Crippen molar-refractivity contribution >= 4 is 12.0 Å². The predicted molar refractivity (Wildman–Crippen MR) is 132 cm³/mol. The molecule has 35 heavy (non-hydrogen) atoms. The number of piperidine rings is 2. The van der Waals surface area contributed by atoms with Gasteiger partial charge in [0.1, 0.15) is 12.9 Å². The highest BCUT2D eigenvalue weighted by atomic mass is 16.6. The zero-order chi connectivity index (χ0) is 24.6. The Bertz CT molecular complexity index is 1060. The Morgan fingerprint density at radius 1 is 1.00 bits per heavy atom. The van der Waals surface area contributed by atoms with E-state index in [2.05, 4.69) is 33.9 Å². The Morgan fingerprint density at radius 2 is 1.63 bits per heavy atom. The normalized spacial score (nSPS) is 23.4. The molecule has 0 spiro atoms. The molecule has 0 bridgehead atoms. The van der Waals surface area contributed by atoms with Gasteiger partial charge < -0.3 is 9.64 Å². The summed E-state index contributed by atoms with van der Waals surface area (Å²) in [6, 6.07) is 10.4. The number of likely N-dealkylation sites (tertiary alicyclic amines) is 2. The third-order valence-corrected chi connectivity index (χ3v) is 8.28. The van der Waals surface area contributed by atoms with Crippen molar-refractivity contribution in [2.45, 2.75) is 64.1 Å². The van der Waals surface area contributed by atoms with Gasteiger partial charge in [-0.2, -0.15) is 0 Å². The lowest BCUT2D eigenvalue weighted by atomic mass is 9.85. The minimum atomic E-state index is -0.189. The van der Waals surface area contributed by atoms with Crippen molar-refractivity contribution in [1.82, 2.24) is 24.7 Å². The van der Waals surface area contributed by atoms with E-state index in [1.165, 1.54) is 6.33 Å². The number of hydrogen-bond acceptors (Lipinski definition) is 6. The van der Waals surface area contributed by atoms with Gasteiger partial charge in [0, 0.05) is 37.8 Å². The van der Waals surface area contributed by atoms with E-state index in [0.29, 0.717) is 12.2 Å². The lowest BCUT2D eigenvalue weighted by Crippen LogP contribution is -2.58. The van der Waals surface area contributed by atoms with Gasteiger partial charge in [-0.3, -0.25) is 14.6 Å². The molecule has 2 aromatic rings. The number of hydrogen-bond donors (Lipinski definition) is 0. The van der Waals surface area contributed by atoms with Gasteiger partial charge in [0.15, 0.2) is 0 Å². The van der Waals surface area contributed by atoms with E-state index in [1.54, 1.807) is 0 Å². The quantitative estimate of drug-likeness (QED) is 0.668.